The number of hydrogen-bond donors (Lipinski definition) is 0. The summed E-state index contributed by atoms with van der Waals surface area (Å²) in [5.41, 5.74) is 0.0417. The Balaban J connectivity index is 0.000000325. The van der Waals surface area contributed by atoms with Gasteiger partial charge in [0.2, 0.25) is 12.5 Å². The van der Waals surface area contributed by atoms with Crippen LogP contribution in [0.15, 0.2) is 0 Å². The van der Waals surface area contributed by atoms with Crippen molar-refractivity contribution >= 4 is 6.41 Å². The van der Waals surface area contributed by atoms with Gasteiger partial charge in [-0.25, -0.2) is 0 Å². The summed E-state index contributed by atoms with van der Waals surface area (Å²) in [4.78, 5) is 21.3. The van der Waals surface area contributed by atoms with E-state index in [9.17, 15) is 14.9 Å². The third kappa shape index (κ3) is 6.34. The van der Waals surface area contributed by atoms with E-state index in [2.05, 4.69) is 0 Å². The van der Waals surface area contributed by atoms with Gasteiger partial charge in [0.15, 0.2) is 0 Å². The number of amides is 1. The van der Waals surface area contributed by atoms with Crippen molar-refractivity contribution < 1.29 is 14.5 Å². The van der Waals surface area contributed by atoms with Crippen LogP contribution in [0.5, 0.6) is 0 Å². The fourth-order valence-electron chi connectivity index (χ4n) is 1.04. The lowest BCUT2D eigenvalue weighted by molar-refractivity contribution is -0.517. The highest BCUT2D eigenvalue weighted by Crippen LogP contribution is 2.08. The van der Waals surface area contributed by atoms with Gasteiger partial charge < -0.3 is 9.64 Å². The Labute approximate surface area is 95.7 Å². The van der Waals surface area contributed by atoms with Crippen LogP contribution in [0.2, 0.25) is 0 Å². The van der Waals surface area contributed by atoms with E-state index in [0.29, 0.717) is 19.4 Å². The molecule has 1 atom stereocenters. The second kappa shape index (κ2) is 6.42. The van der Waals surface area contributed by atoms with Crippen molar-refractivity contribution in [2.24, 2.45) is 0 Å². The quantitative estimate of drug-likeness (QED) is 0.403. The van der Waals surface area contributed by atoms with Crippen molar-refractivity contribution in [1.82, 2.24) is 4.90 Å². The largest absolute Gasteiger partial charge is 0.379 e. The van der Waals surface area contributed by atoms with Crippen LogP contribution in [0.3, 0.4) is 0 Å². The minimum atomic E-state index is -0.537. The van der Waals surface area contributed by atoms with Gasteiger partial charge in [0, 0.05) is 25.0 Å². The van der Waals surface area contributed by atoms with E-state index in [0.717, 1.165) is 0 Å². The molecule has 0 bridgehead atoms. The average molecular weight is 232 g/mol. The molecule has 6 heteroatoms. The molecule has 1 saturated heterocycles. The third-order valence-electron chi connectivity index (χ3n) is 2.25. The maximum atomic E-state index is 10.1. The van der Waals surface area contributed by atoms with Crippen molar-refractivity contribution in [3.63, 3.8) is 0 Å². The highest BCUT2D eigenvalue weighted by Gasteiger charge is 2.29. The van der Waals surface area contributed by atoms with Crippen molar-refractivity contribution in [3.05, 3.63) is 10.1 Å². The lowest BCUT2D eigenvalue weighted by Gasteiger charge is -2.14. The van der Waals surface area contributed by atoms with Gasteiger partial charge in [0.05, 0.1) is 12.1 Å². The topological polar surface area (TPSA) is 72.7 Å². The first-order valence-corrected chi connectivity index (χ1v) is 5.18. The van der Waals surface area contributed by atoms with Crippen LogP contribution in [-0.4, -0.2) is 48.1 Å². The first-order valence-electron chi connectivity index (χ1n) is 5.18. The summed E-state index contributed by atoms with van der Waals surface area (Å²) in [6.45, 7) is 6.86. The first-order chi connectivity index (χ1) is 7.30. The minimum Gasteiger partial charge on any atom is -0.379 e. The third-order valence-corrected chi connectivity index (χ3v) is 2.25. The molecule has 1 heterocycles. The molecule has 0 radical (unpaired) electrons. The molecule has 1 fully saturated rings. The molecule has 1 aliphatic heterocycles. The number of hydrogen-bond acceptors (Lipinski definition) is 4. The van der Waals surface area contributed by atoms with Gasteiger partial charge in [-0.05, 0) is 20.8 Å². The molecule has 1 aliphatic rings. The van der Waals surface area contributed by atoms with Crippen molar-refractivity contribution in [3.8, 4) is 0 Å². The Morgan fingerprint density at radius 2 is 2.00 bits per heavy atom. The first kappa shape index (κ1) is 14.8. The molecule has 0 aromatic carbocycles. The number of nitrogens with zero attached hydrogens (tertiary/aromatic N) is 2. The van der Waals surface area contributed by atoms with E-state index in [1.54, 1.807) is 7.11 Å². The van der Waals surface area contributed by atoms with Crippen LogP contribution in [-0.2, 0) is 9.53 Å². The molecule has 0 aromatic rings. The number of ether oxygens (including phenoxy) is 1. The molecule has 0 saturated carbocycles. The van der Waals surface area contributed by atoms with Crippen LogP contribution in [0, 0.1) is 10.1 Å². The Morgan fingerprint density at radius 3 is 2.19 bits per heavy atom. The van der Waals surface area contributed by atoms with E-state index in [4.69, 9.17) is 4.74 Å². The normalized spacial score (nSPS) is 20.0. The molecule has 0 aromatic heterocycles. The van der Waals surface area contributed by atoms with Crippen LogP contribution in [0.4, 0.5) is 0 Å². The van der Waals surface area contributed by atoms with E-state index in [1.165, 1.54) is 4.90 Å². The number of nitro groups is 1. The molecular formula is C10H20N2O4. The van der Waals surface area contributed by atoms with E-state index < -0.39 is 6.04 Å². The molecule has 94 valence electrons. The molecule has 6 nitrogen and oxygen atoms in total. The second-order valence-electron chi connectivity index (χ2n) is 4.64. The van der Waals surface area contributed by atoms with Gasteiger partial charge in [-0.1, -0.05) is 0 Å². The highest BCUT2D eigenvalue weighted by molar-refractivity contribution is 5.47. The number of carbonyl (C=O) groups excluding carboxylic acids is 1. The standard InChI is InChI=1S/C5H8N2O3.C5H12O/c8-4-6-2-1-5(3-6)7(9)10;1-5(2,3)6-4/h4-5H,1-3H2;1-4H3. The predicted octanol–water partition coefficient (Wildman–Crippen LogP) is 0.925. The Morgan fingerprint density at radius 1 is 1.50 bits per heavy atom. The molecule has 0 N–H and O–H groups in total. The van der Waals surface area contributed by atoms with Crippen molar-refractivity contribution in [2.45, 2.75) is 38.8 Å². The monoisotopic (exact) mass is 232 g/mol. The van der Waals surface area contributed by atoms with Crippen molar-refractivity contribution in [2.75, 3.05) is 20.2 Å². The number of likely N-dealkylation sites (tertiary alicyclic amines) is 1. The average Bonchev–Trinajstić information content (AvgIpc) is 2.66. The number of carbonyl (C=O) groups is 1. The Bertz CT molecular complexity index is 237. The summed E-state index contributed by atoms with van der Waals surface area (Å²) >= 11 is 0. The zero-order valence-corrected chi connectivity index (χ0v) is 10.3. The van der Waals surface area contributed by atoms with E-state index in [1.807, 2.05) is 20.8 Å². The summed E-state index contributed by atoms with van der Waals surface area (Å²) < 4.78 is 4.94. The lowest BCUT2D eigenvalue weighted by Crippen LogP contribution is -2.24. The smallest absolute Gasteiger partial charge is 0.232 e. The maximum Gasteiger partial charge on any atom is 0.232 e. The maximum absolute atomic E-state index is 10.1. The molecular weight excluding hydrogens is 212 g/mol. The Kier molecular flexibility index (Phi) is 5.95. The molecule has 16 heavy (non-hydrogen) atoms. The molecule has 1 rings (SSSR count). The summed E-state index contributed by atoms with van der Waals surface area (Å²) in [7, 11) is 1.71. The fraction of sp³-hybridized carbons (Fsp3) is 0.900. The van der Waals surface area contributed by atoms with Crippen LogP contribution in [0.25, 0.3) is 0 Å². The van der Waals surface area contributed by atoms with Gasteiger partial charge in [0.25, 0.3) is 0 Å². The van der Waals surface area contributed by atoms with Gasteiger partial charge in [0.1, 0.15) is 0 Å². The van der Waals surface area contributed by atoms with Gasteiger partial charge in [-0.2, -0.15) is 0 Å². The summed E-state index contributed by atoms with van der Waals surface area (Å²) in [6, 6.07) is -0.537. The predicted molar refractivity (Wildman–Crippen MR) is 59.8 cm³/mol. The molecule has 1 amide bonds. The zero-order valence-electron chi connectivity index (χ0n) is 10.3. The highest BCUT2D eigenvalue weighted by atomic mass is 16.6. The molecule has 0 spiro atoms. The van der Waals surface area contributed by atoms with Crippen LogP contribution in [0.1, 0.15) is 27.2 Å². The summed E-state index contributed by atoms with van der Waals surface area (Å²) in [5, 5.41) is 10.1. The zero-order chi connectivity index (χ0) is 12.8. The van der Waals surface area contributed by atoms with Gasteiger partial charge >= 0.3 is 0 Å². The lowest BCUT2D eigenvalue weighted by atomic mass is 10.2. The molecule has 0 aliphatic carbocycles. The van der Waals surface area contributed by atoms with Crippen LogP contribution >= 0.6 is 0 Å². The second-order valence-corrected chi connectivity index (χ2v) is 4.64. The number of methoxy groups -OCH3 is 1. The SMILES string of the molecule is COC(C)(C)C.O=CN1CCC([N+](=O)[O-])C1. The van der Waals surface area contributed by atoms with Crippen molar-refractivity contribution in [1.29, 1.82) is 0 Å². The van der Waals surface area contributed by atoms with Gasteiger partial charge in [-0.3, -0.25) is 14.9 Å². The summed E-state index contributed by atoms with van der Waals surface area (Å²) in [6.07, 6.45) is 1.15. The molecule has 1 unspecified atom stereocenters. The van der Waals surface area contributed by atoms with E-state index in [-0.39, 0.29) is 17.1 Å². The Hall–Kier alpha value is -1.17. The van der Waals surface area contributed by atoms with Gasteiger partial charge in [-0.15, -0.1) is 0 Å². The minimum absolute atomic E-state index is 0.0417. The fourth-order valence-corrected chi connectivity index (χ4v) is 1.04. The van der Waals surface area contributed by atoms with Crippen LogP contribution < -0.4 is 0 Å². The number of rotatable bonds is 2. The van der Waals surface area contributed by atoms with E-state index >= 15 is 0 Å². The summed E-state index contributed by atoms with van der Waals surface area (Å²) in [5.74, 6) is 0.